The minimum Gasteiger partial charge on any atom is -0.349 e. The molecule has 0 unspecified atom stereocenters. The predicted octanol–water partition coefficient (Wildman–Crippen LogP) is 0.947. The SMILES string of the molecule is ClC[C@@H]1OC[C@@H]2O[C@H](CCl)OC[C@@H]2O1. The van der Waals surface area contributed by atoms with Crippen molar-refractivity contribution < 1.29 is 18.9 Å². The van der Waals surface area contributed by atoms with Crippen molar-refractivity contribution in [3.8, 4) is 0 Å². The van der Waals surface area contributed by atoms with Gasteiger partial charge in [-0.25, -0.2) is 0 Å². The van der Waals surface area contributed by atoms with Gasteiger partial charge in [0.25, 0.3) is 0 Å². The summed E-state index contributed by atoms with van der Waals surface area (Å²) in [7, 11) is 0. The van der Waals surface area contributed by atoms with Gasteiger partial charge >= 0.3 is 0 Å². The number of fused-ring (bicyclic) bond motifs is 1. The van der Waals surface area contributed by atoms with Crippen LogP contribution in [0.1, 0.15) is 0 Å². The molecule has 0 aliphatic carbocycles. The summed E-state index contributed by atoms with van der Waals surface area (Å²) in [4.78, 5) is 0. The van der Waals surface area contributed by atoms with Gasteiger partial charge in [-0.2, -0.15) is 0 Å². The maximum absolute atomic E-state index is 5.61. The Kier molecular flexibility index (Phi) is 3.87. The van der Waals surface area contributed by atoms with Gasteiger partial charge < -0.3 is 18.9 Å². The van der Waals surface area contributed by atoms with Crippen molar-refractivity contribution in [1.29, 1.82) is 0 Å². The van der Waals surface area contributed by atoms with Crippen molar-refractivity contribution in [2.24, 2.45) is 0 Å². The van der Waals surface area contributed by atoms with Crippen LogP contribution in [0.4, 0.5) is 0 Å². The number of hydrogen-bond acceptors (Lipinski definition) is 4. The van der Waals surface area contributed by atoms with E-state index in [0.717, 1.165) is 0 Å². The van der Waals surface area contributed by atoms with Crippen LogP contribution >= 0.6 is 23.2 Å². The number of alkyl halides is 2. The maximum Gasteiger partial charge on any atom is 0.171 e. The van der Waals surface area contributed by atoms with E-state index in [9.17, 15) is 0 Å². The largest absolute Gasteiger partial charge is 0.349 e. The molecule has 0 N–H and O–H groups in total. The first kappa shape index (κ1) is 10.9. The molecule has 2 aliphatic heterocycles. The van der Waals surface area contributed by atoms with Gasteiger partial charge in [-0.15, -0.1) is 23.2 Å². The molecule has 0 spiro atoms. The van der Waals surface area contributed by atoms with E-state index in [4.69, 9.17) is 42.1 Å². The van der Waals surface area contributed by atoms with Crippen molar-refractivity contribution >= 4 is 23.2 Å². The van der Waals surface area contributed by atoms with Crippen LogP contribution in [0.15, 0.2) is 0 Å². The van der Waals surface area contributed by atoms with Crippen molar-refractivity contribution in [3.05, 3.63) is 0 Å². The molecule has 14 heavy (non-hydrogen) atoms. The lowest BCUT2D eigenvalue weighted by atomic mass is 10.2. The zero-order valence-electron chi connectivity index (χ0n) is 7.53. The van der Waals surface area contributed by atoms with Crippen LogP contribution in [-0.4, -0.2) is 49.8 Å². The van der Waals surface area contributed by atoms with Crippen LogP contribution in [0, 0.1) is 0 Å². The quantitative estimate of drug-likeness (QED) is 0.676. The van der Waals surface area contributed by atoms with Gasteiger partial charge in [0.15, 0.2) is 12.6 Å². The smallest absolute Gasteiger partial charge is 0.171 e. The highest BCUT2D eigenvalue weighted by Crippen LogP contribution is 2.23. The lowest BCUT2D eigenvalue weighted by Crippen LogP contribution is -2.53. The molecule has 0 bridgehead atoms. The summed E-state index contributed by atoms with van der Waals surface area (Å²) in [5.41, 5.74) is 0. The topological polar surface area (TPSA) is 36.9 Å². The highest BCUT2D eigenvalue weighted by Gasteiger charge is 2.38. The zero-order valence-corrected chi connectivity index (χ0v) is 9.04. The highest BCUT2D eigenvalue weighted by atomic mass is 35.5. The molecule has 2 heterocycles. The summed E-state index contributed by atoms with van der Waals surface area (Å²) >= 11 is 11.2. The van der Waals surface area contributed by atoms with E-state index < -0.39 is 0 Å². The number of halogens is 2. The molecule has 82 valence electrons. The fourth-order valence-electron chi connectivity index (χ4n) is 1.50. The molecule has 4 atom stereocenters. The van der Waals surface area contributed by atoms with Gasteiger partial charge in [0, 0.05) is 0 Å². The van der Waals surface area contributed by atoms with Crippen LogP contribution in [0.25, 0.3) is 0 Å². The van der Waals surface area contributed by atoms with Crippen molar-refractivity contribution in [3.63, 3.8) is 0 Å². The Morgan fingerprint density at radius 1 is 0.857 bits per heavy atom. The number of hydrogen-bond donors (Lipinski definition) is 0. The van der Waals surface area contributed by atoms with Crippen LogP contribution in [0.5, 0.6) is 0 Å². The van der Waals surface area contributed by atoms with Gasteiger partial charge in [0.05, 0.1) is 25.0 Å². The van der Waals surface area contributed by atoms with E-state index in [1.807, 2.05) is 0 Å². The van der Waals surface area contributed by atoms with Gasteiger partial charge in [-0.3, -0.25) is 0 Å². The van der Waals surface area contributed by atoms with Crippen molar-refractivity contribution in [2.45, 2.75) is 24.8 Å². The van der Waals surface area contributed by atoms with Crippen molar-refractivity contribution in [1.82, 2.24) is 0 Å². The lowest BCUT2D eigenvalue weighted by Gasteiger charge is -2.40. The molecule has 2 saturated heterocycles. The molecule has 2 aliphatic rings. The molecular formula is C8H12Cl2O4. The van der Waals surface area contributed by atoms with Crippen LogP contribution < -0.4 is 0 Å². The van der Waals surface area contributed by atoms with Crippen LogP contribution in [0.2, 0.25) is 0 Å². The number of ether oxygens (including phenoxy) is 4. The van der Waals surface area contributed by atoms with E-state index in [2.05, 4.69) is 0 Å². The Morgan fingerprint density at radius 2 is 1.29 bits per heavy atom. The average molecular weight is 243 g/mol. The van der Waals surface area contributed by atoms with Crippen LogP contribution in [0.3, 0.4) is 0 Å². The molecule has 4 nitrogen and oxygen atoms in total. The molecule has 0 saturated carbocycles. The third-order valence-corrected chi connectivity index (χ3v) is 2.72. The van der Waals surface area contributed by atoms with E-state index in [0.29, 0.717) is 25.0 Å². The second-order valence-corrected chi connectivity index (χ2v) is 3.80. The van der Waals surface area contributed by atoms with Gasteiger partial charge in [0.2, 0.25) is 0 Å². The van der Waals surface area contributed by atoms with E-state index >= 15 is 0 Å². The first-order valence-corrected chi connectivity index (χ1v) is 5.56. The summed E-state index contributed by atoms with van der Waals surface area (Å²) in [5.74, 6) is 0.643. The molecule has 0 radical (unpaired) electrons. The second kappa shape index (κ2) is 4.96. The summed E-state index contributed by atoms with van der Waals surface area (Å²) in [6, 6.07) is 0. The molecule has 0 aromatic carbocycles. The lowest BCUT2D eigenvalue weighted by molar-refractivity contribution is -0.327. The van der Waals surface area contributed by atoms with Crippen molar-refractivity contribution in [2.75, 3.05) is 25.0 Å². The summed E-state index contributed by atoms with van der Waals surface area (Å²) in [5, 5.41) is 0. The Bertz CT molecular complexity index is 172. The van der Waals surface area contributed by atoms with Gasteiger partial charge in [-0.1, -0.05) is 0 Å². The van der Waals surface area contributed by atoms with Gasteiger partial charge in [0.1, 0.15) is 12.2 Å². The Morgan fingerprint density at radius 3 is 1.64 bits per heavy atom. The minimum absolute atomic E-state index is 0.0908. The molecule has 6 heteroatoms. The number of rotatable bonds is 2. The third-order valence-electron chi connectivity index (χ3n) is 2.21. The van der Waals surface area contributed by atoms with E-state index in [1.54, 1.807) is 0 Å². The third kappa shape index (κ3) is 2.32. The van der Waals surface area contributed by atoms with E-state index in [-0.39, 0.29) is 24.8 Å². The Labute approximate surface area is 92.3 Å². The standard InChI is InChI=1S/C8H12Cl2O4/c9-1-7-11-3-6-5(13-7)4-12-8(2-10)14-6/h5-8H,1-4H2/t5-,6-,7+,8+/m0/s1. The van der Waals surface area contributed by atoms with E-state index in [1.165, 1.54) is 0 Å². The first-order chi connectivity index (χ1) is 6.83. The van der Waals surface area contributed by atoms with Gasteiger partial charge in [-0.05, 0) is 0 Å². The Hall–Kier alpha value is 0.420. The normalized spacial score (nSPS) is 43.3. The fraction of sp³-hybridized carbons (Fsp3) is 1.00. The molecule has 0 aromatic rings. The fourth-order valence-corrected chi connectivity index (χ4v) is 1.83. The Balaban J connectivity index is 1.88. The highest BCUT2D eigenvalue weighted by molar-refractivity contribution is 6.18. The average Bonchev–Trinajstić information content (AvgIpc) is 2.27. The monoisotopic (exact) mass is 242 g/mol. The molecule has 0 aromatic heterocycles. The molecule has 2 rings (SSSR count). The minimum atomic E-state index is -0.349. The molecule has 2 fully saturated rings. The maximum atomic E-state index is 5.61. The zero-order chi connectivity index (χ0) is 9.97. The summed E-state index contributed by atoms with van der Waals surface area (Å²) < 4.78 is 21.6. The molecule has 0 amide bonds. The first-order valence-electron chi connectivity index (χ1n) is 4.49. The summed E-state index contributed by atoms with van der Waals surface area (Å²) in [6.45, 7) is 0.970. The predicted molar refractivity (Wildman–Crippen MR) is 50.7 cm³/mol. The molecular weight excluding hydrogens is 231 g/mol. The summed E-state index contributed by atoms with van der Waals surface area (Å²) in [6.07, 6.45) is -0.880. The van der Waals surface area contributed by atoms with Crippen LogP contribution in [-0.2, 0) is 18.9 Å². The second-order valence-electron chi connectivity index (χ2n) is 3.18.